The first-order chi connectivity index (χ1) is 13.2. The number of aliphatic hydroxyl groups excluding tert-OH is 1. The highest BCUT2D eigenvalue weighted by Gasteiger charge is 2.17. The molecule has 3 N–H and O–H groups in total. The molecule has 1 aromatic heterocycles. The summed E-state index contributed by atoms with van der Waals surface area (Å²) in [6.45, 7) is 1.17. The number of fused-ring (bicyclic) bond motifs is 2. The predicted octanol–water partition coefficient (Wildman–Crippen LogP) is 3.65. The summed E-state index contributed by atoms with van der Waals surface area (Å²) in [5.41, 5.74) is 0.998. The Bertz CT molecular complexity index is 943. The van der Waals surface area contributed by atoms with Crippen molar-refractivity contribution in [1.82, 2.24) is 10.6 Å². The third kappa shape index (κ3) is 4.50. The normalized spacial score (nSPS) is 13.9. The standard InChI is InChI=1S/C20H21N3O3S.HI/c1-21-20(22-10-14-6-4-7-16-19(14)26-12-25-16)23-11-15(24)18-9-13-5-2-3-8-17(13)27-18;/h2-9,15,24H,10-12H2,1H3,(H2,21,22,23);1H. The van der Waals surface area contributed by atoms with E-state index in [9.17, 15) is 5.11 Å². The summed E-state index contributed by atoms with van der Waals surface area (Å²) in [4.78, 5) is 5.16. The molecule has 8 heteroatoms. The van der Waals surface area contributed by atoms with Crippen LogP contribution in [-0.2, 0) is 6.54 Å². The second-order valence-corrected chi connectivity index (χ2v) is 7.28. The number of benzene rings is 2. The second kappa shape index (κ2) is 9.44. The third-order valence-corrected chi connectivity index (χ3v) is 5.60. The molecule has 0 aliphatic carbocycles. The number of thiophene rings is 1. The van der Waals surface area contributed by atoms with E-state index in [1.165, 1.54) is 4.70 Å². The summed E-state index contributed by atoms with van der Waals surface area (Å²) in [5, 5.41) is 18.1. The molecule has 0 amide bonds. The maximum absolute atomic E-state index is 10.5. The first-order valence-electron chi connectivity index (χ1n) is 8.73. The molecule has 148 valence electrons. The minimum absolute atomic E-state index is 0. The number of guanidine groups is 1. The number of nitrogens with one attached hydrogen (secondary N) is 2. The molecule has 1 aliphatic rings. The second-order valence-electron chi connectivity index (χ2n) is 6.16. The zero-order valence-corrected chi connectivity index (χ0v) is 18.5. The fourth-order valence-corrected chi connectivity index (χ4v) is 4.04. The van der Waals surface area contributed by atoms with Gasteiger partial charge in [0.2, 0.25) is 6.79 Å². The van der Waals surface area contributed by atoms with Crippen molar-refractivity contribution in [1.29, 1.82) is 0 Å². The zero-order chi connectivity index (χ0) is 18.6. The number of halogens is 1. The maximum Gasteiger partial charge on any atom is 0.231 e. The lowest BCUT2D eigenvalue weighted by Crippen LogP contribution is -2.38. The summed E-state index contributed by atoms with van der Waals surface area (Å²) in [5.74, 6) is 2.15. The molecule has 0 saturated heterocycles. The number of aliphatic imine (C=N–C) groups is 1. The monoisotopic (exact) mass is 511 g/mol. The molecule has 0 saturated carbocycles. The van der Waals surface area contributed by atoms with Gasteiger partial charge in [0.05, 0.1) is 0 Å². The van der Waals surface area contributed by atoms with E-state index < -0.39 is 6.10 Å². The Morgan fingerprint density at radius 3 is 2.86 bits per heavy atom. The lowest BCUT2D eigenvalue weighted by molar-refractivity contribution is 0.173. The van der Waals surface area contributed by atoms with Gasteiger partial charge < -0.3 is 25.2 Å². The molecule has 6 nitrogen and oxygen atoms in total. The van der Waals surface area contributed by atoms with Crippen molar-refractivity contribution >= 4 is 51.4 Å². The minimum atomic E-state index is -0.598. The van der Waals surface area contributed by atoms with Gasteiger partial charge in [-0.15, -0.1) is 35.3 Å². The zero-order valence-electron chi connectivity index (χ0n) is 15.3. The van der Waals surface area contributed by atoms with Crippen LogP contribution in [0.25, 0.3) is 10.1 Å². The maximum atomic E-state index is 10.5. The van der Waals surface area contributed by atoms with Crippen LogP contribution in [0.15, 0.2) is 53.5 Å². The molecule has 1 unspecified atom stereocenters. The van der Waals surface area contributed by atoms with Crippen LogP contribution in [0, 0.1) is 0 Å². The van der Waals surface area contributed by atoms with Crippen molar-refractivity contribution in [3.8, 4) is 11.5 Å². The number of para-hydroxylation sites is 1. The lowest BCUT2D eigenvalue weighted by Gasteiger charge is -2.15. The molecular weight excluding hydrogens is 489 g/mol. The van der Waals surface area contributed by atoms with Gasteiger partial charge in [0, 0.05) is 35.3 Å². The predicted molar refractivity (Wildman–Crippen MR) is 123 cm³/mol. The molecule has 2 heterocycles. The highest BCUT2D eigenvalue weighted by Crippen LogP contribution is 2.35. The van der Waals surface area contributed by atoms with Gasteiger partial charge in [0.25, 0.3) is 0 Å². The van der Waals surface area contributed by atoms with Crippen LogP contribution >= 0.6 is 35.3 Å². The highest BCUT2D eigenvalue weighted by molar-refractivity contribution is 14.0. The van der Waals surface area contributed by atoms with E-state index in [1.807, 2.05) is 36.4 Å². The average molecular weight is 511 g/mol. The Morgan fingerprint density at radius 2 is 2.04 bits per heavy atom. The van der Waals surface area contributed by atoms with Crippen LogP contribution < -0.4 is 20.1 Å². The Balaban J connectivity index is 0.00000225. The molecule has 3 aromatic rings. The molecule has 28 heavy (non-hydrogen) atoms. The Labute approximate surface area is 184 Å². The fraction of sp³-hybridized carbons (Fsp3) is 0.250. The Kier molecular flexibility index (Phi) is 6.97. The van der Waals surface area contributed by atoms with Crippen molar-refractivity contribution in [2.45, 2.75) is 12.6 Å². The van der Waals surface area contributed by atoms with Gasteiger partial charge >= 0.3 is 0 Å². The first kappa shape index (κ1) is 20.7. The van der Waals surface area contributed by atoms with Crippen LogP contribution in [-0.4, -0.2) is 31.5 Å². The van der Waals surface area contributed by atoms with Gasteiger partial charge in [-0.25, -0.2) is 0 Å². The summed E-state index contributed by atoms with van der Waals surface area (Å²) < 4.78 is 12.1. The molecule has 4 rings (SSSR count). The van der Waals surface area contributed by atoms with E-state index in [1.54, 1.807) is 18.4 Å². The highest BCUT2D eigenvalue weighted by atomic mass is 127. The number of aliphatic hydroxyl groups is 1. The molecule has 0 spiro atoms. The molecule has 1 atom stereocenters. The van der Waals surface area contributed by atoms with Gasteiger partial charge in [0.1, 0.15) is 6.10 Å². The van der Waals surface area contributed by atoms with Gasteiger partial charge in [-0.05, 0) is 23.6 Å². The van der Waals surface area contributed by atoms with E-state index in [-0.39, 0.29) is 30.8 Å². The van der Waals surface area contributed by atoms with E-state index in [0.717, 1.165) is 27.3 Å². The molecule has 0 bridgehead atoms. The smallest absolute Gasteiger partial charge is 0.231 e. The van der Waals surface area contributed by atoms with Crippen LogP contribution in [0.1, 0.15) is 16.5 Å². The molecule has 1 aliphatic heterocycles. The van der Waals surface area contributed by atoms with Crippen LogP contribution in [0.4, 0.5) is 0 Å². The number of hydrogen-bond donors (Lipinski definition) is 3. The number of ether oxygens (including phenoxy) is 2. The van der Waals surface area contributed by atoms with Gasteiger partial charge in [-0.3, -0.25) is 4.99 Å². The molecule has 0 fully saturated rings. The fourth-order valence-electron chi connectivity index (χ4n) is 2.99. The van der Waals surface area contributed by atoms with Gasteiger partial charge in [-0.2, -0.15) is 0 Å². The lowest BCUT2D eigenvalue weighted by atomic mass is 10.2. The van der Waals surface area contributed by atoms with E-state index >= 15 is 0 Å². The minimum Gasteiger partial charge on any atom is -0.454 e. The van der Waals surface area contributed by atoms with E-state index in [2.05, 4.69) is 27.8 Å². The number of nitrogens with zero attached hydrogens (tertiary/aromatic N) is 1. The van der Waals surface area contributed by atoms with Crippen molar-refractivity contribution in [3.63, 3.8) is 0 Å². The quantitative estimate of drug-likeness (QED) is 0.277. The Morgan fingerprint density at radius 1 is 1.18 bits per heavy atom. The molecule has 2 aromatic carbocycles. The van der Waals surface area contributed by atoms with Crippen LogP contribution in [0.2, 0.25) is 0 Å². The van der Waals surface area contributed by atoms with Crippen LogP contribution in [0.5, 0.6) is 11.5 Å². The molecular formula is C20H22IN3O3S. The molecule has 0 radical (unpaired) electrons. The van der Waals surface area contributed by atoms with Gasteiger partial charge in [0.15, 0.2) is 17.5 Å². The summed E-state index contributed by atoms with van der Waals surface area (Å²) in [7, 11) is 1.70. The van der Waals surface area contributed by atoms with E-state index in [4.69, 9.17) is 9.47 Å². The van der Waals surface area contributed by atoms with Crippen molar-refractivity contribution in [2.24, 2.45) is 4.99 Å². The Hall–Kier alpha value is -2.04. The number of rotatable bonds is 5. The largest absolute Gasteiger partial charge is 0.454 e. The van der Waals surface area contributed by atoms with E-state index in [0.29, 0.717) is 19.0 Å². The third-order valence-electron chi connectivity index (χ3n) is 4.38. The summed E-state index contributed by atoms with van der Waals surface area (Å²) in [6.07, 6.45) is -0.598. The summed E-state index contributed by atoms with van der Waals surface area (Å²) >= 11 is 1.61. The first-order valence-corrected chi connectivity index (χ1v) is 9.55. The summed E-state index contributed by atoms with van der Waals surface area (Å²) in [6, 6.07) is 16.0. The van der Waals surface area contributed by atoms with Crippen molar-refractivity contribution < 1.29 is 14.6 Å². The SMILES string of the molecule is CN=C(NCc1cccc2c1OCO2)NCC(O)c1cc2ccccc2s1.I. The van der Waals surface area contributed by atoms with Crippen molar-refractivity contribution in [3.05, 3.63) is 59.0 Å². The van der Waals surface area contributed by atoms with Crippen molar-refractivity contribution in [2.75, 3.05) is 20.4 Å². The topological polar surface area (TPSA) is 75.1 Å². The average Bonchev–Trinajstić information content (AvgIpc) is 3.34. The van der Waals surface area contributed by atoms with Gasteiger partial charge in [-0.1, -0.05) is 30.3 Å². The number of hydrogen-bond acceptors (Lipinski definition) is 5. The van der Waals surface area contributed by atoms with Crippen LogP contribution in [0.3, 0.4) is 0 Å².